The summed E-state index contributed by atoms with van der Waals surface area (Å²) in [5.74, 6) is 2.31. The number of amides is 1. The van der Waals surface area contributed by atoms with Gasteiger partial charge in [-0.25, -0.2) is 4.98 Å². The van der Waals surface area contributed by atoms with Gasteiger partial charge in [-0.05, 0) is 42.7 Å². The van der Waals surface area contributed by atoms with Crippen LogP contribution in [0, 0.1) is 0 Å². The van der Waals surface area contributed by atoms with E-state index < -0.39 is 0 Å². The van der Waals surface area contributed by atoms with Gasteiger partial charge in [-0.15, -0.1) is 10.2 Å². The third kappa shape index (κ3) is 5.09. The number of ether oxygens (including phenoxy) is 1. The molecule has 0 atom stereocenters. The Hall–Kier alpha value is -3.59. The van der Waals surface area contributed by atoms with Crippen LogP contribution in [-0.4, -0.2) is 38.8 Å². The first-order valence-corrected chi connectivity index (χ1v) is 11.7. The summed E-state index contributed by atoms with van der Waals surface area (Å²) in [6, 6.07) is 18.2. The fraction of sp³-hybridized carbons (Fsp3) is 0.250. The molecule has 0 radical (unpaired) electrons. The van der Waals surface area contributed by atoms with Crippen LogP contribution in [0.15, 0.2) is 70.4 Å². The molecular formula is C24H23N5O3S. The molecule has 8 nitrogen and oxygen atoms in total. The Morgan fingerprint density at radius 3 is 2.67 bits per heavy atom. The SMILES string of the molecule is COc1ccc(-n2c(Cc3ccccc3)nnc2SCc2nc(C(=O)NC3CC3)co2)cc1. The molecule has 0 aliphatic heterocycles. The van der Waals surface area contributed by atoms with E-state index >= 15 is 0 Å². The number of hydrogen-bond donors (Lipinski definition) is 1. The van der Waals surface area contributed by atoms with Crippen molar-refractivity contribution in [2.75, 3.05) is 7.11 Å². The molecule has 1 saturated carbocycles. The van der Waals surface area contributed by atoms with E-state index in [4.69, 9.17) is 9.15 Å². The third-order valence-corrected chi connectivity index (χ3v) is 6.17. The Bertz CT molecular complexity index is 1230. The molecule has 1 N–H and O–H groups in total. The molecule has 0 saturated heterocycles. The van der Waals surface area contributed by atoms with Crippen molar-refractivity contribution in [1.82, 2.24) is 25.1 Å². The van der Waals surface area contributed by atoms with Crippen molar-refractivity contribution in [2.24, 2.45) is 0 Å². The quantitative estimate of drug-likeness (QED) is 0.376. The second-order valence-electron chi connectivity index (χ2n) is 7.76. The van der Waals surface area contributed by atoms with Crippen LogP contribution in [-0.2, 0) is 12.2 Å². The fourth-order valence-electron chi connectivity index (χ4n) is 3.37. The van der Waals surface area contributed by atoms with E-state index in [2.05, 4.69) is 32.6 Å². The number of nitrogens with one attached hydrogen (secondary N) is 1. The lowest BCUT2D eigenvalue weighted by Gasteiger charge is -2.11. The molecule has 5 rings (SSSR count). The van der Waals surface area contributed by atoms with Gasteiger partial charge in [-0.1, -0.05) is 42.1 Å². The van der Waals surface area contributed by atoms with Gasteiger partial charge in [0.1, 0.15) is 17.8 Å². The zero-order chi connectivity index (χ0) is 22.6. The molecule has 2 aromatic carbocycles. The molecule has 1 amide bonds. The predicted octanol–water partition coefficient (Wildman–Crippen LogP) is 4.04. The molecule has 0 unspecified atom stereocenters. The zero-order valence-electron chi connectivity index (χ0n) is 18.1. The lowest BCUT2D eigenvalue weighted by molar-refractivity contribution is 0.0946. The number of aromatic nitrogens is 4. The Morgan fingerprint density at radius 1 is 1.15 bits per heavy atom. The van der Waals surface area contributed by atoms with E-state index in [9.17, 15) is 4.79 Å². The Labute approximate surface area is 195 Å². The number of thioether (sulfide) groups is 1. The third-order valence-electron chi connectivity index (χ3n) is 5.26. The van der Waals surface area contributed by atoms with Crippen molar-refractivity contribution >= 4 is 17.7 Å². The summed E-state index contributed by atoms with van der Waals surface area (Å²) >= 11 is 1.46. The molecule has 1 fully saturated rings. The number of oxazole rings is 1. The molecule has 1 aliphatic carbocycles. The van der Waals surface area contributed by atoms with Crippen LogP contribution in [0.2, 0.25) is 0 Å². The molecule has 1 aliphatic rings. The van der Waals surface area contributed by atoms with E-state index in [1.165, 1.54) is 18.0 Å². The van der Waals surface area contributed by atoms with Gasteiger partial charge in [-0.2, -0.15) is 0 Å². The van der Waals surface area contributed by atoms with Gasteiger partial charge >= 0.3 is 0 Å². The highest BCUT2D eigenvalue weighted by molar-refractivity contribution is 7.98. The highest BCUT2D eigenvalue weighted by Gasteiger charge is 2.25. The largest absolute Gasteiger partial charge is 0.497 e. The molecule has 0 spiro atoms. The van der Waals surface area contributed by atoms with E-state index in [0.717, 1.165) is 35.7 Å². The van der Waals surface area contributed by atoms with Crippen molar-refractivity contribution in [3.63, 3.8) is 0 Å². The maximum absolute atomic E-state index is 12.2. The smallest absolute Gasteiger partial charge is 0.273 e. The highest BCUT2D eigenvalue weighted by atomic mass is 32.2. The van der Waals surface area contributed by atoms with Gasteiger partial charge in [0, 0.05) is 18.2 Å². The summed E-state index contributed by atoms with van der Waals surface area (Å²) in [5, 5.41) is 12.5. The van der Waals surface area contributed by atoms with Gasteiger partial charge in [0.2, 0.25) is 5.89 Å². The number of hydrogen-bond acceptors (Lipinski definition) is 7. The van der Waals surface area contributed by atoms with Crippen molar-refractivity contribution in [1.29, 1.82) is 0 Å². The standard InChI is InChI=1S/C24H23N5O3S/c1-31-19-11-9-18(10-12-19)29-21(13-16-5-3-2-4-6-16)27-28-24(29)33-15-22-26-20(14-32-22)23(30)25-17-7-8-17/h2-6,9-12,14,17H,7-8,13,15H2,1H3,(H,25,30). The maximum atomic E-state index is 12.2. The second-order valence-corrected chi connectivity index (χ2v) is 8.70. The molecule has 168 valence electrons. The molecule has 9 heteroatoms. The monoisotopic (exact) mass is 461 g/mol. The van der Waals surface area contributed by atoms with Crippen LogP contribution in [0.1, 0.15) is 40.6 Å². The molecular weight excluding hydrogens is 438 g/mol. The number of nitrogens with zero attached hydrogens (tertiary/aromatic N) is 4. The topological polar surface area (TPSA) is 95.1 Å². The molecule has 2 aromatic heterocycles. The van der Waals surface area contributed by atoms with E-state index in [-0.39, 0.29) is 11.9 Å². The van der Waals surface area contributed by atoms with E-state index in [0.29, 0.717) is 28.9 Å². The Balaban J connectivity index is 1.37. The van der Waals surface area contributed by atoms with Crippen LogP contribution < -0.4 is 10.1 Å². The first-order valence-electron chi connectivity index (χ1n) is 10.7. The first kappa shape index (κ1) is 21.3. The Kier molecular flexibility index (Phi) is 6.12. The molecule has 4 aromatic rings. The summed E-state index contributed by atoms with van der Waals surface area (Å²) in [6.45, 7) is 0. The normalized spacial score (nSPS) is 13.1. The average Bonchev–Trinajstić information content (AvgIpc) is 3.38. The van der Waals surface area contributed by atoms with Crippen LogP contribution in [0.5, 0.6) is 5.75 Å². The van der Waals surface area contributed by atoms with E-state index in [1.807, 2.05) is 47.0 Å². The van der Waals surface area contributed by atoms with Gasteiger partial charge in [0.25, 0.3) is 5.91 Å². The zero-order valence-corrected chi connectivity index (χ0v) is 18.9. The number of methoxy groups -OCH3 is 1. The first-order chi connectivity index (χ1) is 16.2. The van der Waals surface area contributed by atoms with Crippen LogP contribution in [0.3, 0.4) is 0 Å². The number of rotatable bonds is 9. The van der Waals surface area contributed by atoms with Gasteiger partial charge < -0.3 is 14.5 Å². The van der Waals surface area contributed by atoms with Crippen molar-refractivity contribution in [2.45, 2.75) is 36.2 Å². The van der Waals surface area contributed by atoms with Gasteiger partial charge in [0.15, 0.2) is 10.9 Å². The summed E-state index contributed by atoms with van der Waals surface area (Å²) in [6.07, 6.45) is 4.10. The van der Waals surface area contributed by atoms with Gasteiger partial charge in [-0.3, -0.25) is 9.36 Å². The minimum absolute atomic E-state index is 0.191. The summed E-state index contributed by atoms with van der Waals surface area (Å²) in [7, 11) is 1.64. The number of carbonyl (C=O) groups excluding carboxylic acids is 1. The number of carbonyl (C=O) groups is 1. The fourth-order valence-corrected chi connectivity index (χ4v) is 4.20. The predicted molar refractivity (Wildman–Crippen MR) is 124 cm³/mol. The average molecular weight is 462 g/mol. The molecule has 2 heterocycles. The van der Waals surface area contributed by atoms with Crippen molar-refractivity contribution in [3.8, 4) is 11.4 Å². The lowest BCUT2D eigenvalue weighted by Crippen LogP contribution is -2.25. The minimum Gasteiger partial charge on any atom is -0.497 e. The van der Waals surface area contributed by atoms with Crippen LogP contribution in [0.4, 0.5) is 0 Å². The van der Waals surface area contributed by atoms with Gasteiger partial charge in [0.05, 0.1) is 12.9 Å². The highest BCUT2D eigenvalue weighted by Crippen LogP contribution is 2.27. The summed E-state index contributed by atoms with van der Waals surface area (Å²) in [4.78, 5) is 16.5. The molecule has 33 heavy (non-hydrogen) atoms. The Morgan fingerprint density at radius 2 is 1.94 bits per heavy atom. The van der Waals surface area contributed by atoms with Crippen molar-refractivity contribution in [3.05, 3.63) is 83.8 Å². The van der Waals surface area contributed by atoms with Crippen LogP contribution in [0.25, 0.3) is 5.69 Å². The maximum Gasteiger partial charge on any atom is 0.273 e. The van der Waals surface area contributed by atoms with Crippen molar-refractivity contribution < 1.29 is 13.9 Å². The minimum atomic E-state index is -0.191. The second kappa shape index (κ2) is 9.50. The lowest BCUT2D eigenvalue weighted by atomic mass is 10.1. The summed E-state index contributed by atoms with van der Waals surface area (Å²) < 4.78 is 12.8. The number of benzene rings is 2. The van der Waals surface area contributed by atoms with Crippen LogP contribution >= 0.6 is 11.8 Å². The molecule has 0 bridgehead atoms. The summed E-state index contributed by atoms with van der Waals surface area (Å²) in [5.41, 5.74) is 2.39. The van der Waals surface area contributed by atoms with E-state index in [1.54, 1.807) is 7.11 Å².